The van der Waals surface area contributed by atoms with E-state index in [4.69, 9.17) is 14.2 Å². The standard InChI is InChI=1S/C48H92O6/c1-5-8-10-12-14-15-16-17-18-19-20-21-22-23-24-25-27-33-37-41-48(51)54-45(42-52-46(49)39-35-31-26-13-11-9-6-2)43-53-47(50)40-36-32-29-28-30-34-38-44(4)7-3/h44-45H,5-43H2,1-4H3/t44?,45-/m1/s1. The Hall–Kier alpha value is -1.59. The molecule has 0 N–H and O–H groups in total. The van der Waals surface area contributed by atoms with E-state index in [1.807, 2.05) is 0 Å². The van der Waals surface area contributed by atoms with Crippen LogP contribution in [0, 0.1) is 5.92 Å². The van der Waals surface area contributed by atoms with E-state index in [1.54, 1.807) is 0 Å². The van der Waals surface area contributed by atoms with Crippen molar-refractivity contribution >= 4 is 17.9 Å². The average molecular weight is 765 g/mol. The van der Waals surface area contributed by atoms with Gasteiger partial charge in [0, 0.05) is 19.3 Å². The molecule has 1 unspecified atom stereocenters. The Morgan fingerprint density at radius 1 is 0.370 bits per heavy atom. The van der Waals surface area contributed by atoms with Gasteiger partial charge in [-0.2, -0.15) is 0 Å². The number of esters is 3. The van der Waals surface area contributed by atoms with Gasteiger partial charge in [-0.15, -0.1) is 0 Å². The molecule has 0 spiro atoms. The summed E-state index contributed by atoms with van der Waals surface area (Å²) in [6.45, 7) is 8.94. The average Bonchev–Trinajstić information content (AvgIpc) is 3.17. The quantitative estimate of drug-likeness (QED) is 0.0349. The van der Waals surface area contributed by atoms with Crippen LogP contribution < -0.4 is 0 Å². The van der Waals surface area contributed by atoms with Gasteiger partial charge >= 0.3 is 17.9 Å². The molecule has 0 heterocycles. The number of unbranched alkanes of at least 4 members (excludes halogenated alkanes) is 29. The maximum Gasteiger partial charge on any atom is 0.306 e. The Morgan fingerprint density at radius 3 is 0.963 bits per heavy atom. The van der Waals surface area contributed by atoms with Crippen molar-refractivity contribution in [2.24, 2.45) is 5.92 Å². The number of rotatable bonds is 43. The summed E-state index contributed by atoms with van der Waals surface area (Å²) in [5.41, 5.74) is 0. The minimum absolute atomic E-state index is 0.0653. The van der Waals surface area contributed by atoms with Gasteiger partial charge in [0.15, 0.2) is 6.10 Å². The molecule has 0 fully saturated rings. The zero-order valence-corrected chi connectivity index (χ0v) is 36.7. The van der Waals surface area contributed by atoms with Gasteiger partial charge in [0.05, 0.1) is 0 Å². The first-order valence-corrected chi connectivity index (χ1v) is 23.9. The van der Waals surface area contributed by atoms with Gasteiger partial charge in [0.25, 0.3) is 0 Å². The monoisotopic (exact) mass is 765 g/mol. The lowest BCUT2D eigenvalue weighted by Crippen LogP contribution is -2.30. The Kier molecular flexibility index (Phi) is 41.3. The van der Waals surface area contributed by atoms with Crippen molar-refractivity contribution in [3.63, 3.8) is 0 Å². The highest BCUT2D eigenvalue weighted by atomic mass is 16.6. The van der Waals surface area contributed by atoms with E-state index in [2.05, 4.69) is 27.7 Å². The number of carbonyl (C=O) groups is 3. The van der Waals surface area contributed by atoms with Crippen LogP contribution in [0.5, 0.6) is 0 Å². The van der Waals surface area contributed by atoms with Gasteiger partial charge in [-0.05, 0) is 25.2 Å². The Balaban J connectivity index is 4.18. The highest BCUT2D eigenvalue weighted by Crippen LogP contribution is 2.17. The van der Waals surface area contributed by atoms with Crippen molar-refractivity contribution in [3.05, 3.63) is 0 Å². The van der Waals surface area contributed by atoms with Gasteiger partial charge in [-0.3, -0.25) is 14.4 Å². The second kappa shape index (κ2) is 42.6. The maximum absolute atomic E-state index is 12.7. The van der Waals surface area contributed by atoms with Gasteiger partial charge < -0.3 is 14.2 Å². The summed E-state index contributed by atoms with van der Waals surface area (Å²) in [5.74, 6) is -0.0469. The molecule has 0 amide bonds. The smallest absolute Gasteiger partial charge is 0.306 e. The largest absolute Gasteiger partial charge is 0.462 e. The molecule has 0 rings (SSSR count). The van der Waals surface area contributed by atoms with E-state index in [1.165, 1.54) is 161 Å². The van der Waals surface area contributed by atoms with Crippen LogP contribution >= 0.6 is 0 Å². The second-order valence-corrected chi connectivity index (χ2v) is 16.6. The van der Waals surface area contributed by atoms with E-state index in [-0.39, 0.29) is 31.1 Å². The summed E-state index contributed by atoms with van der Waals surface area (Å²) in [7, 11) is 0. The van der Waals surface area contributed by atoms with Crippen molar-refractivity contribution in [1.82, 2.24) is 0 Å². The number of hydrogen-bond acceptors (Lipinski definition) is 6. The molecule has 0 aromatic carbocycles. The van der Waals surface area contributed by atoms with Crippen molar-refractivity contribution in [2.45, 2.75) is 271 Å². The van der Waals surface area contributed by atoms with Crippen LogP contribution in [-0.2, 0) is 28.6 Å². The zero-order chi connectivity index (χ0) is 39.6. The molecule has 6 nitrogen and oxygen atoms in total. The molecular weight excluding hydrogens is 673 g/mol. The molecule has 320 valence electrons. The van der Waals surface area contributed by atoms with Crippen LogP contribution in [0.4, 0.5) is 0 Å². The van der Waals surface area contributed by atoms with E-state index in [9.17, 15) is 14.4 Å². The summed E-state index contributed by atoms with van der Waals surface area (Å²) in [6.07, 6.45) is 42.5. The third kappa shape index (κ3) is 40.1. The lowest BCUT2D eigenvalue weighted by Gasteiger charge is -2.18. The molecule has 6 heteroatoms. The molecule has 0 bridgehead atoms. The zero-order valence-electron chi connectivity index (χ0n) is 36.7. The van der Waals surface area contributed by atoms with Gasteiger partial charge in [0.2, 0.25) is 0 Å². The highest BCUT2D eigenvalue weighted by molar-refractivity contribution is 5.71. The summed E-state index contributed by atoms with van der Waals surface area (Å²) < 4.78 is 16.7. The molecule has 0 saturated heterocycles. The molecule has 0 aliphatic heterocycles. The molecule has 0 radical (unpaired) electrons. The molecule has 0 aliphatic rings. The van der Waals surface area contributed by atoms with Gasteiger partial charge in [0.1, 0.15) is 13.2 Å². The lowest BCUT2D eigenvalue weighted by atomic mass is 10.00. The van der Waals surface area contributed by atoms with Crippen LogP contribution in [0.25, 0.3) is 0 Å². The minimum Gasteiger partial charge on any atom is -0.462 e. The number of carbonyl (C=O) groups excluding carboxylic acids is 3. The predicted octanol–water partition coefficient (Wildman–Crippen LogP) is 15.1. The highest BCUT2D eigenvalue weighted by Gasteiger charge is 2.19. The molecule has 0 aromatic heterocycles. The number of ether oxygens (including phenoxy) is 3. The fraction of sp³-hybridized carbons (Fsp3) is 0.938. The van der Waals surface area contributed by atoms with Crippen molar-refractivity contribution in [1.29, 1.82) is 0 Å². The summed E-state index contributed by atoms with van der Waals surface area (Å²) >= 11 is 0. The molecular formula is C48H92O6. The van der Waals surface area contributed by atoms with Gasteiger partial charge in [-0.1, -0.05) is 227 Å². The Morgan fingerprint density at radius 2 is 0.648 bits per heavy atom. The Bertz CT molecular complexity index is 813. The SMILES string of the molecule is CCCCCCCCCCCCCCCCCCCCCC(=O)O[C@H](COC(=O)CCCCCCCCC)COC(=O)CCCCCCCCC(C)CC. The fourth-order valence-electron chi connectivity index (χ4n) is 7.12. The lowest BCUT2D eigenvalue weighted by molar-refractivity contribution is -0.167. The first-order chi connectivity index (χ1) is 26.4. The normalized spacial score (nSPS) is 12.4. The fourth-order valence-corrected chi connectivity index (χ4v) is 7.12. The summed E-state index contributed by atoms with van der Waals surface area (Å²) in [6, 6.07) is 0. The first kappa shape index (κ1) is 52.4. The minimum atomic E-state index is -0.759. The second-order valence-electron chi connectivity index (χ2n) is 16.6. The third-order valence-electron chi connectivity index (χ3n) is 11.2. The van der Waals surface area contributed by atoms with Gasteiger partial charge in [-0.25, -0.2) is 0 Å². The van der Waals surface area contributed by atoms with E-state index >= 15 is 0 Å². The summed E-state index contributed by atoms with van der Waals surface area (Å²) in [4.78, 5) is 37.6. The third-order valence-corrected chi connectivity index (χ3v) is 11.2. The molecule has 2 atom stereocenters. The predicted molar refractivity (Wildman–Crippen MR) is 229 cm³/mol. The van der Waals surface area contributed by atoms with Crippen LogP contribution in [0.15, 0.2) is 0 Å². The van der Waals surface area contributed by atoms with E-state index in [0.29, 0.717) is 19.3 Å². The summed E-state index contributed by atoms with van der Waals surface area (Å²) in [5, 5.41) is 0. The van der Waals surface area contributed by atoms with Crippen molar-refractivity contribution in [2.75, 3.05) is 13.2 Å². The molecule has 0 saturated carbocycles. The topological polar surface area (TPSA) is 78.9 Å². The molecule has 54 heavy (non-hydrogen) atoms. The molecule has 0 aromatic rings. The van der Waals surface area contributed by atoms with Crippen molar-refractivity contribution in [3.8, 4) is 0 Å². The Labute approximate surface area is 336 Å². The number of hydrogen-bond donors (Lipinski definition) is 0. The maximum atomic E-state index is 12.7. The van der Waals surface area contributed by atoms with E-state index < -0.39 is 6.10 Å². The molecule has 0 aliphatic carbocycles. The van der Waals surface area contributed by atoms with Crippen LogP contribution in [-0.4, -0.2) is 37.2 Å². The first-order valence-electron chi connectivity index (χ1n) is 23.9. The van der Waals surface area contributed by atoms with Crippen LogP contribution in [0.3, 0.4) is 0 Å². The van der Waals surface area contributed by atoms with Crippen molar-refractivity contribution < 1.29 is 28.6 Å². The van der Waals surface area contributed by atoms with E-state index in [0.717, 1.165) is 63.7 Å². The van der Waals surface area contributed by atoms with Crippen LogP contribution in [0.1, 0.15) is 265 Å². The van der Waals surface area contributed by atoms with Crippen LogP contribution in [0.2, 0.25) is 0 Å².